The molecule has 16 heavy (non-hydrogen) atoms. The molecule has 0 fully saturated rings. The summed E-state index contributed by atoms with van der Waals surface area (Å²) in [6.07, 6.45) is 5.22. The second-order valence-electron chi connectivity index (χ2n) is 3.88. The molecule has 0 N–H and O–H groups in total. The molecule has 0 unspecified atom stereocenters. The molecule has 1 heterocycles. The molecule has 0 amide bonds. The summed E-state index contributed by atoms with van der Waals surface area (Å²) in [5.74, 6) is 0.874. The van der Waals surface area contributed by atoms with E-state index < -0.39 is 0 Å². The number of aryl methyl sites for hydroxylation is 1. The summed E-state index contributed by atoms with van der Waals surface area (Å²) in [6.45, 7) is 2.18. The molecule has 2 aromatic rings. The van der Waals surface area contributed by atoms with Gasteiger partial charge in [-0.15, -0.1) is 0 Å². The summed E-state index contributed by atoms with van der Waals surface area (Å²) in [5, 5.41) is 1.05. The highest BCUT2D eigenvalue weighted by atomic mass is 16.5. The van der Waals surface area contributed by atoms with Crippen molar-refractivity contribution in [1.82, 2.24) is 4.98 Å². The van der Waals surface area contributed by atoms with E-state index in [4.69, 9.17) is 4.74 Å². The number of rotatable bonds is 4. The van der Waals surface area contributed by atoms with E-state index >= 15 is 0 Å². The Morgan fingerprint density at radius 2 is 2.12 bits per heavy atom. The lowest BCUT2D eigenvalue weighted by molar-refractivity contribution is 0.470. The molecule has 1 aromatic carbocycles. The number of aromatic nitrogens is 1. The van der Waals surface area contributed by atoms with Gasteiger partial charge in [0.15, 0.2) is 0 Å². The third-order valence-electron chi connectivity index (χ3n) is 2.74. The maximum Gasteiger partial charge on any atom is 0.133 e. The molecular weight excluding hydrogens is 198 g/mol. The van der Waals surface area contributed by atoms with Crippen LogP contribution < -0.4 is 4.74 Å². The number of ether oxygens (including phenoxy) is 1. The monoisotopic (exact) mass is 214 g/mol. The molecule has 83 valence electrons. The van der Waals surface area contributed by atoms with Crippen molar-refractivity contribution in [3.63, 3.8) is 0 Å². The second-order valence-corrected chi connectivity index (χ2v) is 3.88. The number of nitrogens with zero attached hydrogens (tertiary/aromatic N) is 1. The lowest BCUT2D eigenvalue weighted by Crippen LogP contribution is -1.94. The summed E-state index contributed by atoms with van der Waals surface area (Å²) in [4.78, 5) is 4.43. The van der Waals surface area contributed by atoms with Gasteiger partial charge in [-0.2, -0.15) is 0 Å². The quantitative estimate of drug-likeness (QED) is 0.773. The number of para-hydroxylation sites is 1. The zero-order valence-corrected chi connectivity index (χ0v) is 9.57. The summed E-state index contributed by atoms with van der Waals surface area (Å²) in [7, 11) is 3.55. The van der Waals surface area contributed by atoms with Crippen LogP contribution in [0.2, 0.25) is 0 Å². The van der Waals surface area contributed by atoms with E-state index in [0.29, 0.717) is 0 Å². The van der Waals surface area contributed by atoms with Crippen LogP contribution in [-0.2, 0) is 6.42 Å². The SMILES string of the molecule is [CH2]Oc1c(CCCC)cnc2ccccc12. The zero-order chi connectivity index (χ0) is 11.4. The first-order chi connectivity index (χ1) is 7.86. The van der Waals surface area contributed by atoms with Crippen molar-refractivity contribution in [3.8, 4) is 5.75 Å². The van der Waals surface area contributed by atoms with Gasteiger partial charge < -0.3 is 4.74 Å². The number of fused-ring (bicyclic) bond motifs is 1. The van der Waals surface area contributed by atoms with Crippen LogP contribution in [0, 0.1) is 7.11 Å². The van der Waals surface area contributed by atoms with Crippen molar-refractivity contribution < 1.29 is 4.74 Å². The van der Waals surface area contributed by atoms with Gasteiger partial charge in [0.2, 0.25) is 0 Å². The summed E-state index contributed by atoms with van der Waals surface area (Å²) >= 11 is 0. The summed E-state index contributed by atoms with van der Waals surface area (Å²) in [5.41, 5.74) is 2.11. The van der Waals surface area contributed by atoms with Crippen LogP contribution in [0.3, 0.4) is 0 Å². The van der Waals surface area contributed by atoms with E-state index in [-0.39, 0.29) is 0 Å². The van der Waals surface area contributed by atoms with Gasteiger partial charge in [-0.05, 0) is 25.0 Å². The molecular formula is C14H16NO. The normalized spacial score (nSPS) is 10.6. The van der Waals surface area contributed by atoms with Crippen molar-refractivity contribution >= 4 is 10.9 Å². The first-order valence-corrected chi connectivity index (χ1v) is 5.65. The minimum absolute atomic E-state index is 0.874. The van der Waals surface area contributed by atoms with E-state index in [1.807, 2.05) is 30.5 Å². The molecule has 0 atom stereocenters. The lowest BCUT2D eigenvalue weighted by Gasteiger charge is -2.10. The van der Waals surface area contributed by atoms with Crippen molar-refractivity contribution in [2.24, 2.45) is 0 Å². The fourth-order valence-electron chi connectivity index (χ4n) is 1.87. The third kappa shape index (κ3) is 2.01. The Labute approximate surface area is 96.3 Å². The number of pyridine rings is 1. The van der Waals surface area contributed by atoms with E-state index in [1.165, 1.54) is 6.42 Å². The topological polar surface area (TPSA) is 22.1 Å². The van der Waals surface area contributed by atoms with E-state index in [9.17, 15) is 0 Å². The van der Waals surface area contributed by atoms with Crippen LogP contribution in [0.4, 0.5) is 0 Å². The molecule has 2 nitrogen and oxygen atoms in total. The van der Waals surface area contributed by atoms with E-state index in [1.54, 1.807) is 0 Å². The van der Waals surface area contributed by atoms with Crippen LogP contribution in [0.15, 0.2) is 30.5 Å². The predicted molar refractivity (Wildman–Crippen MR) is 66.3 cm³/mol. The Morgan fingerprint density at radius 1 is 1.31 bits per heavy atom. The molecule has 1 aromatic heterocycles. The Morgan fingerprint density at radius 3 is 2.88 bits per heavy atom. The smallest absolute Gasteiger partial charge is 0.133 e. The number of hydrogen-bond acceptors (Lipinski definition) is 2. The Hall–Kier alpha value is -1.57. The molecule has 0 saturated carbocycles. The molecule has 1 radical (unpaired) electrons. The summed E-state index contributed by atoms with van der Waals surface area (Å²) in [6, 6.07) is 7.99. The van der Waals surface area contributed by atoms with Crippen LogP contribution >= 0.6 is 0 Å². The van der Waals surface area contributed by atoms with Gasteiger partial charge in [-0.25, -0.2) is 0 Å². The van der Waals surface area contributed by atoms with Gasteiger partial charge in [-0.1, -0.05) is 25.5 Å². The molecule has 0 saturated heterocycles. The van der Waals surface area contributed by atoms with Crippen LogP contribution in [0.5, 0.6) is 5.75 Å². The number of unbranched alkanes of at least 4 members (excludes halogenated alkanes) is 1. The van der Waals surface area contributed by atoms with Gasteiger partial charge in [0.25, 0.3) is 0 Å². The van der Waals surface area contributed by atoms with Crippen molar-refractivity contribution in [3.05, 3.63) is 43.1 Å². The van der Waals surface area contributed by atoms with Crippen LogP contribution in [-0.4, -0.2) is 4.98 Å². The minimum atomic E-state index is 0.874. The minimum Gasteiger partial charge on any atom is -0.489 e. The van der Waals surface area contributed by atoms with Gasteiger partial charge in [-0.3, -0.25) is 4.98 Å². The maximum absolute atomic E-state index is 5.27. The van der Waals surface area contributed by atoms with E-state index in [0.717, 1.165) is 35.1 Å². The highest BCUT2D eigenvalue weighted by Crippen LogP contribution is 2.29. The van der Waals surface area contributed by atoms with Crippen LogP contribution in [0.25, 0.3) is 10.9 Å². The predicted octanol–water partition coefficient (Wildman–Crippen LogP) is 3.75. The average Bonchev–Trinajstić information content (AvgIpc) is 2.35. The largest absolute Gasteiger partial charge is 0.489 e. The van der Waals surface area contributed by atoms with E-state index in [2.05, 4.69) is 19.0 Å². The third-order valence-corrected chi connectivity index (χ3v) is 2.74. The maximum atomic E-state index is 5.27. The number of benzene rings is 1. The average molecular weight is 214 g/mol. The van der Waals surface area contributed by atoms with Crippen LogP contribution in [0.1, 0.15) is 25.3 Å². The first kappa shape index (κ1) is 10.9. The molecule has 0 spiro atoms. The Kier molecular flexibility index (Phi) is 3.40. The van der Waals surface area contributed by atoms with Gasteiger partial charge in [0.1, 0.15) is 12.9 Å². The van der Waals surface area contributed by atoms with Crippen molar-refractivity contribution in [2.45, 2.75) is 26.2 Å². The fourth-order valence-corrected chi connectivity index (χ4v) is 1.87. The second kappa shape index (κ2) is 4.97. The Balaban J connectivity index is 2.50. The van der Waals surface area contributed by atoms with Gasteiger partial charge >= 0.3 is 0 Å². The molecule has 0 aliphatic heterocycles. The highest BCUT2D eigenvalue weighted by Gasteiger charge is 2.08. The highest BCUT2D eigenvalue weighted by molar-refractivity contribution is 5.86. The molecule has 2 heteroatoms. The lowest BCUT2D eigenvalue weighted by atomic mass is 10.1. The van der Waals surface area contributed by atoms with Crippen molar-refractivity contribution in [1.29, 1.82) is 0 Å². The Bertz CT molecular complexity index is 479. The standard InChI is InChI=1S/C14H16NO/c1-3-4-7-11-10-15-13-9-6-5-8-12(13)14(11)16-2/h5-6,8-10H,2-4,7H2,1H3. The summed E-state index contributed by atoms with van der Waals surface area (Å²) < 4.78 is 5.27. The first-order valence-electron chi connectivity index (χ1n) is 5.65. The van der Waals surface area contributed by atoms with Gasteiger partial charge in [0.05, 0.1) is 5.52 Å². The molecule has 0 aliphatic carbocycles. The van der Waals surface area contributed by atoms with Crippen molar-refractivity contribution in [2.75, 3.05) is 0 Å². The fraction of sp³-hybridized carbons (Fsp3) is 0.286. The zero-order valence-electron chi connectivity index (χ0n) is 9.57. The molecule has 0 aliphatic rings. The molecule has 0 bridgehead atoms. The van der Waals surface area contributed by atoms with Gasteiger partial charge in [0, 0.05) is 17.1 Å². The number of hydrogen-bond donors (Lipinski definition) is 0. The molecule has 2 rings (SSSR count).